The molecular formula is C17H19BrF3N5O. The van der Waals surface area contributed by atoms with E-state index in [9.17, 15) is 18.0 Å². The first-order chi connectivity index (χ1) is 12.7. The molecule has 0 saturated carbocycles. The molecule has 1 aliphatic heterocycles. The van der Waals surface area contributed by atoms with Crippen LogP contribution >= 0.6 is 15.9 Å². The number of carbonyl (C=O) groups excluding carboxylic acids is 1. The van der Waals surface area contributed by atoms with Crippen molar-refractivity contribution in [1.29, 1.82) is 0 Å². The summed E-state index contributed by atoms with van der Waals surface area (Å²) in [7, 11) is 3.39. The van der Waals surface area contributed by atoms with Gasteiger partial charge in [0, 0.05) is 50.1 Å². The Morgan fingerprint density at radius 2 is 2.11 bits per heavy atom. The van der Waals surface area contributed by atoms with Crippen molar-refractivity contribution < 1.29 is 18.0 Å². The maximum absolute atomic E-state index is 13.4. The van der Waals surface area contributed by atoms with E-state index < -0.39 is 11.7 Å². The second-order valence-electron chi connectivity index (χ2n) is 6.58. The van der Waals surface area contributed by atoms with Crippen molar-refractivity contribution in [2.45, 2.75) is 25.1 Å². The second-order valence-corrected chi connectivity index (χ2v) is 7.50. The van der Waals surface area contributed by atoms with Crippen molar-refractivity contribution >= 4 is 27.7 Å². The maximum Gasteiger partial charge on any atom is 0.419 e. The highest BCUT2D eigenvalue weighted by atomic mass is 79.9. The number of aryl methyl sites for hydroxylation is 1. The van der Waals surface area contributed by atoms with Crippen molar-refractivity contribution in [1.82, 2.24) is 19.7 Å². The number of anilines is 1. The third kappa shape index (κ3) is 4.26. The Hall–Kier alpha value is -2.10. The molecule has 2 aromatic rings. The Morgan fingerprint density at radius 1 is 1.37 bits per heavy atom. The summed E-state index contributed by atoms with van der Waals surface area (Å²) in [6, 6.07) is 0.828. The van der Waals surface area contributed by atoms with E-state index >= 15 is 0 Å². The number of halogens is 4. The molecular weight excluding hydrogens is 427 g/mol. The van der Waals surface area contributed by atoms with Crippen LogP contribution in [-0.2, 0) is 13.2 Å². The topological polar surface area (TPSA) is 54.3 Å². The standard InChI is InChI=1S/C17H19BrF3N5O/c1-24-9-11(7-23-24)16(27)25(2)13-4-3-5-26(10-13)15-14(17(19,20)21)6-12(18)8-22-15/h6-9,13H,3-5,10H2,1-2H3. The molecule has 0 N–H and O–H groups in total. The van der Waals surface area contributed by atoms with Crippen LogP contribution in [0.25, 0.3) is 0 Å². The van der Waals surface area contributed by atoms with Crippen LogP contribution in [0.2, 0.25) is 0 Å². The minimum Gasteiger partial charge on any atom is -0.354 e. The van der Waals surface area contributed by atoms with Crippen LogP contribution in [0.4, 0.5) is 19.0 Å². The first-order valence-corrected chi connectivity index (χ1v) is 9.19. The van der Waals surface area contributed by atoms with Crippen molar-refractivity contribution in [2.75, 3.05) is 25.0 Å². The van der Waals surface area contributed by atoms with Gasteiger partial charge in [-0.25, -0.2) is 4.98 Å². The van der Waals surface area contributed by atoms with Gasteiger partial charge in [0.05, 0.1) is 17.3 Å². The number of piperidine rings is 1. The average molecular weight is 446 g/mol. The molecule has 27 heavy (non-hydrogen) atoms. The number of likely N-dealkylation sites (N-methyl/N-ethyl adjacent to an activating group) is 1. The second kappa shape index (κ2) is 7.49. The van der Waals surface area contributed by atoms with Crippen molar-refractivity contribution in [2.24, 2.45) is 7.05 Å². The van der Waals surface area contributed by atoms with Gasteiger partial charge in [-0.15, -0.1) is 0 Å². The molecule has 6 nitrogen and oxygen atoms in total. The van der Waals surface area contributed by atoms with Gasteiger partial charge in [0.2, 0.25) is 0 Å². The monoisotopic (exact) mass is 445 g/mol. The lowest BCUT2D eigenvalue weighted by Gasteiger charge is -2.38. The molecule has 0 spiro atoms. The molecule has 1 unspecified atom stereocenters. The van der Waals surface area contributed by atoms with Gasteiger partial charge < -0.3 is 9.80 Å². The Balaban J connectivity index is 1.81. The molecule has 3 heterocycles. The van der Waals surface area contributed by atoms with E-state index in [0.717, 1.165) is 12.5 Å². The smallest absolute Gasteiger partial charge is 0.354 e. The van der Waals surface area contributed by atoms with Crippen LogP contribution in [0, 0.1) is 0 Å². The summed E-state index contributed by atoms with van der Waals surface area (Å²) in [4.78, 5) is 19.8. The predicted octanol–water partition coefficient (Wildman–Crippen LogP) is 3.34. The summed E-state index contributed by atoms with van der Waals surface area (Å²) in [5, 5.41) is 3.99. The molecule has 1 fully saturated rings. The number of carbonyl (C=O) groups is 1. The van der Waals surface area contributed by atoms with E-state index in [-0.39, 0.29) is 22.2 Å². The highest BCUT2D eigenvalue weighted by Crippen LogP contribution is 2.37. The van der Waals surface area contributed by atoms with Gasteiger partial charge in [-0.1, -0.05) is 0 Å². The van der Waals surface area contributed by atoms with Crippen LogP contribution in [0.1, 0.15) is 28.8 Å². The summed E-state index contributed by atoms with van der Waals surface area (Å²) >= 11 is 3.05. The maximum atomic E-state index is 13.4. The lowest BCUT2D eigenvalue weighted by Crippen LogP contribution is -2.49. The van der Waals surface area contributed by atoms with Gasteiger partial charge in [-0.2, -0.15) is 18.3 Å². The zero-order chi connectivity index (χ0) is 19.8. The number of amides is 1. The molecule has 0 bridgehead atoms. The summed E-state index contributed by atoms with van der Waals surface area (Å²) in [5.74, 6) is -0.299. The summed E-state index contributed by atoms with van der Waals surface area (Å²) in [5.41, 5.74) is -0.325. The predicted molar refractivity (Wildman–Crippen MR) is 97.5 cm³/mol. The van der Waals surface area contributed by atoms with E-state index in [0.29, 0.717) is 25.1 Å². The number of hydrogen-bond donors (Lipinski definition) is 0. The van der Waals surface area contributed by atoms with Crippen LogP contribution in [-0.4, -0.2) is 51.8 Å². The van der Waals surface area contributed by atoms with Gasteiger partial charge >= 0.3 is 6.18 Å². The Labute approximate surface area is 163 Å². The van der Waals surface area contributed by atoms with Crippen LogP contribution < -0.4 is 4.90 Å². The first kappa shape index (κ1) is 19.7. The molecule has 1 aliphatic rings. The summed E-state index contributed by atoms with van der Waals surface area (Å²) < 4.78 is 42.1. The number of rotatable bonds is 3. The Bertz CT molecular complexity index is 838. The largest absolute Gasteiger partial charge is 0.419 e. The molecule has 0 aliphatic carbocycles. The van der Waals surface area contributed by atoms with E-state index in [1.54, 1.807) is 30.1 Å². The van der Waals surface area contributed by atoms with E-state index in [1.807, 2.05) is 0 Å². The fourth-order valence-corrected chi connectivity index (χ4v) is 3.59. The number of hydrogen-bond acceptors (Lipinski definition) is 4. The van der Waals surface area contributed by atoms with Gasteiger partial charge in [0.1, 0.15) is 5.82 Å². The van der Waals surface area contributed by atoms with Crippen molar-refractivity contribution in [3.05, 3.63) is 40.3 Å². The zero-order valence-corrected chi connectivity index (χ0v) is 16.5. The minimum absolute atomic E-state index is 0.0994. The molecule has 0 aromatic carbocycles. The lowest BCUT2D eigenvalue weighted by atomic mass is 10.0. The van der Waals surface area contributed by atoms with Gasteiger partial charge in [0.15, 0.2) is 0 Å². The number of nitrogens with zero attached hydrogens (tertiary/aromatic N) is 5. The SMILES string of the molecule is CN(C(=O)c1cnn(C)c1)C1CCCN(c2ncc(Br)cc2C(F)(F)F)C1. The molecule has 1 atom stereocenters. The van der Waals surface area contributed by atoms with E-state index in [4.69, 9.17) is 0 Å². The third-order valence-electron chi connectivity index (χ3n) is 4.65. The van der Waals surface area contributed by atoms with Crippen molar-refractivity contribution in [3.63, 3.8) is 0 Å². The fourth-order valence-electron chi connectivity index (χ4n) is 3.26. The summed E-state index contributed by atoms with van der Waals surface area (Å²) in [6.07, 6.45) is 1.35. The van der Waals surface area contributed by atoms with E-state index in [1.165, 1.54) is 17.1 Å². The quantitative estimate of drug-likeness (QED) is 0.726. The molecule has 1 saturated heterocycles. The average Bonchev–Trinajstić information content (AvgIpc) is 3.06. The van der Waals surface area contributed by atoms with Gasteiger partial charge in [0.25, 0.3) is 5.91 Å². The van der Waals surface area contributed by atoms with Gasteiger partial charge in [-0.05, 0) is 34.8 Å². The lowest BCUT2D eigenvalue weighted by molar-refractivity contribution is -0.137. The third-order valence-corrected chi connectivity index (χ3v) is 5.09. The van der Waals surface area contributed by atoms with Crippen LogP contribution in [0.5, 0.6) is 0 Å². The molecule has 3 rings (SSSR count). The number of aromatic nitrogens is 3. The first-order valence-electron chi connectivity index (χ1n) is 8.40. The highest BCUT2D eigenvalue weighted by Gasteiger charge is 2.38. The molecule has 1 amide bonds. The molecule has 2 aromatic heterocycles. The molecule has 0 radical (unpaired) electrons. The fraction of sp³-hybridized carbons (Fsp3) is 0.471. The number of alkyl halides is 3. The minimum atomic E-state index is -4.50. The normalized spacial score (nSPS) is 17.9. The molecule has 146 valence electrons. The van der Waals surface area contributed by atoms with Crippen LogP contribution in [0.15, 0.2) is 29.1 Å². The van der Waals surface area contributed by atoms with Gasteiger partial charge in [-0.3, -0.25) is 9.48 Å². The van der Waals surface area contributed by atoms with Crippen LogP contribution in [0.3, 0.4) is 0 Å². The summed E-state index contributed by atoms with van der Waals surface area (Å²) in [6.45, 7) is 0.753. The van der Waals surface area contributed by atoms with E-state index in [2.05, 4.69) is 26.0 Å². The van der Waals surface area contributed by atoms with Crippen molar-refractivity contribution in [3.8, 4) is 0 Å². The Kier molecular flexibility index (Phi) is 5.45. The number of pyridine rings is 1. The Morgan fingerprint density at radius 3 is 2.74 bits per heavy atom. The zero-order valence-electron chi connectivity index (χ0n) is 14.9. The highest BCUT2D eigenvalue weighted by molar-refractivity contribution is 9.10. The molecule has 10 heteroatoms.